The minimum absolute atomic E-state index is 0.0754. The molecule has 0 aliphatic carbocycles. The number of rotatable bonds is 6. The predicted molar refractivity (Wildman–Crippen MR) is 102 cm³/mol. The molecular weight excluding hydrogens is 468 g/mol. The Labute approximate surface area is 166 Å². The molecule has 0 N–H and O–H groups in total. The van der Waals surface area contributed by atoms with Gasteiger partial charge in [-0.25, -0.2) is 13.2 Å². The van der Waals surface area contributed by atoms with E-state index in [1.54, 1.807) is 5.38 Å². The molecule has 3 rings (SSSR count). The third kappa shape index (κ3) is 3.88. The van der Waals surface area contributed by atoms with Gasteiger partial charge in [0, 0.05) is 10.4 Å². The molecule has 0 fully saturated rings. The van der Waals surface area contributed by atoms with Crippen LogP contribution in [0.2, 0.25) is 5.02 Å². The van der Waals surface area contributed by atoms with Gasteiger partial charge in [0.2, 0.25) is 0 Å². The van der Waals surface area contributed by atoms with E-state index in [9.17, 15) is 13.2 Å². The zero-order valence-corrected chi connectivity index (χ0v) is 17.3. The molecule has 0 saturated heterocycles. The Morgan fingerprint density at radius 3 is 2.69 bits per heavy atom. The van der Waals surface area contributed by atoms with Crippen LogP contribution in [0.4, 0.5) is 0 Å². The van der Waals surface area contributed by atoms with Crippen molar-refractivity contribution in [2.24, 2.45) is 0 Å². The van der Waals surface area contributed by atoms with Gasteiger partial charge in [0.15, 0.2) is 15.6 Å². The smallest absolute Gasteiger partial charge is 0.437 e. The SMILES string of the molecule is COc1c(Br)csc1-c1nn(CCS(=O)(=O)c2ccc(Cl)cc2)c(=O)o1. The van der Waals surface area contributed by atoms with Crippen molar-refractivity contribution in [3.05, 3.63) is 49.7 Å². The van der Waals surface area contributed by atoms with Gasteiger partial charge >= 0.3 is 5.76 Å². The molecule has 0 aliphatic rings. The van der Waals surface area contributed by atoms with E-state index in [1.807, 2.05) is 0 Å². The van der Waals surface area contributed by atoms with Crippen LogP contribution in [0.1, 0.15) is 0 Å². The summed E-state index contributed by atoms with van der Waals surface area (Å²) in [6.07, 6.45) is 0. The molecule has 3 aromatic rings. The number of sulfone groups is 1. The fourth-order valence-corrected chi connectivity index (χ4v) is 5.08. The van der Waals surface area contributed by atoms with E-state index in [4.69, 9.17) is 20.8 Å². The molecule has 26 heavy (non-hydrogen) atoms. The highest BCUT2D eigenvalue weighted by Gasteiger charge is 2.21. The molecule has 138 valence electrons. The second kappa shape index (κ2) is 7.55. The van der Waals surface area contributed by atoms with Crippen LogP contribution in [-0.4, -0.2) is 31.1 Å². The van der Waals surface area contributed by atoms with Crippen molar-refractivity contribution >= 4 is 48.7 Å². The molecule has 2 heterocycles. The zero-order valence-electron chi connectivity index (χ0n) is 13.3. The van der Waals surface area contributed by atoms with Crippen LogP contribution >= 0.6 is 38.9 Å². The highest BCUT2D eigenvalue weighted by Crippen LogP contribution is 2.40. The van der Waals surface area contributed by atoms with Crippen molar-refractivity contribution in [2.75, 3.05) is 12.9 Å². The Kier molecular flexibility index (Phi) is 5.56. The largest absolute Gasteiger partial charge is 0.494 e. The van der Waals surface area contributed by atoms with E-state index in [2.05, 4.69) is 21.0 Å². The standard InChI is InChI=1S/C15H12BrClN2O5S2/c1-23-12-11(16)8-25-13(12)14-18-19(15(20)24-14)6-7-26(21,22)10-4-2-9(17)3-5-10/h2-5,8H,6-7H2,1H3. The molecule has 7 nitrogen and oxygen atoms in total. The van der Waals surface area contributed by atoms with Crippen LogP contribution in [-0.2, 0) is 16.4 Å². The first-order valence-corrected chi connectivity index (χ1v) is 10.9. The summed E-state index contributed by atoms with van der Waals surface area (Å²) >= 11 is 10.4. The summed E-state index contributed by atoms with van der Waals surface area (Å²) in [5.41, 5.74) is 0. The minimum Gasteiger partial charge on any atom is -0.494 e. The number of aromatic nitrogens is 2. The number of hydrogen-bond acceptors (Lipinski definition) is 7. The van der Waals surface area contributed by atoms with E-state index in [1.165, 1.54) is 42.7 Å². The third-order valence-electron chi connectivity index (χ3n) is 3.45. The summed E-state index contributed by atoms with van der Waals surface area (Å²) in [5, 5.41) is 6.29. The highest BCUT2D eigenvalue weighted by molar-refractivity contribution is 9.10. The fraction of sp³-hybridized carbons (Fsp3) is 0.200. The first-order chi connectivity index (χ1) is 12.3. The van der Waals surface area contributed by atoms with Gasteiger partial charge in [0.05, 0.1) is 28.8 Å². The maximum absolute atomic E-state index is 12.4. The lowest BCUT2D eigenvalue weighted by molar-refractivity contribution is 0.413. The van der Waals surface area contributed by atoms with Gasteiger partial charge in [-0.3, -0.25) is 0 Å². The Morgan fingerprint density at radius 2 is 2.04 bits per heavy atom. The Morgan fingerprint density at radius 1 is 1.35 bits per heavy atom. The quantitative estimate of drug-likeness (QED) is 0.538. The predicted octanol–water partition coefficient (Wildman–Crippen LogP) is 3.46. The molecule has 0 amide bonds. The molecule has 11 heteroatoms. The van der Waals surface area contributed by atoms with Crippen LogP contribution in [0.25, 0.3) is 10.8 Å². The lowest BCUT2D eigenvalue weighted by atomic mass is 10.4. The molecule has 0 spiro atoms. The number of halogens is 2. The molecule has 0 unspecified atom stereocenters. The maximum atomic E-state index is 12.4. The zero-order chi connectivity index (χ0) is 18.9. The minimum atomic E-state index is -3.59. The Bertz CT molecular complexity index is 1090. The molecule has 0 saturated carbocycles. The first-order valence-electron chi connectivity index (χ1n) is 7.19. The summed E-state index contributed by atoms with van der Waals surface area (Å²) in [4.78, 5) is 12.7. The molecular formula is C15H12BrClN2O5S2. The van der Waals surface area contributed by atoms with Crippen molar-refractivity contribution in [1.29, 1.82) is 0 Å². The Hall–Kier alpha value is -1.62. The van der Waals surface area contributed by atoms with Crippen LogP contribution in [0.3, 0.4) is 0 Å². The van der Waals surface area contributed by atoms with Crippen molar-refractivity contribution in [3.63, 3.8) is 0 Å². The van der Waals surface area contributed by atoms with E-state index in [0.29, 0.717) is 20.1 Å². The molecule has 0 atom stereocenters. The second-order valence-electron chi connectivity index (χ2n) is 5.12. The number of hydrogen-bond donors (Lipinski definition) is 0. The van der Waals surface area contributed by atoms with Crippen molar-refractivity contribution in [3.8, 4) is 16.5 Å². The fourth-order valence-electron chi connectivity index (χ4n) is 2.17. The van der Waals surface area contributed by atoms with Gasteiger partial charge in [0.1, 0.15) is 4.88 Å². The number of benzene rings is 1. The summed E-state index contributed by atoms with van der Waals surface area (Å²) < 4.78 is 36.8. The number of thiophene rings is 1. The summed E-state index contributed by atoms with van der Waals surface area (Å²) in [6, 6.07) is 5.83. The average molecular weight is 480 g/mol. The van der Waals surface area contributed by atoms with Crippen LogP contribution in [0.15, 0.2) is 48.2 Å². The molecule has 0 bridgehead atoms. The van der Waals surface area contributed by atoms with Crippen molar-refractivity contribution in [1.82, 2.24) is 9.78 Å². The number of aryl methyl sites for hydroxylation is 1. The van der Waals surface area contributed by atoms with Gasteiger partial charge in [-0.1, -0.05) is 11.6 Å². The van der Waals surface area contributed by atoms with Crippen LogP contribution in [0, 0.1) is 0 Å². The third-order valence-corrected chi connectivity index (χ3v) is 7.26. The summed E-state index contributed by atoms with van der Waals surface area (Å²) in [7, 11) is -2.10. The number of nitrogens with zero attached hydrogens (tertiary/aromatic N) is 2. The lowest BCUT2D eigenvalue weighted by Gasteiger charge is -2.03. The second-order valence-corrected chi connectivity index (χ2v) is 9.39. The highest BCUT2D eigenvalue weighted by atomic mass is 79.9. The van der Waals surface area contributed by atoms with E-state index >= 15 is 0 Å². The topological polar surface area (TPSA) is 91.4 Å². The molecule has 0 radical (unpaired) electrons. The lowest BCUT2D eigenvalue weighted by Crippen LogP contribution is -2.21. The maximum Gasteiger partial charge on any atom is 0.437 e. The number of methoxy groups -OCH3 is 1. The van der Waals surface area contributed by atoms with Crippen LogP contribution < -0.4 is 10.5 Å². The van der Waals surface area contributed by atoms with Crippen molar-refractivity contribution < 1.29 is 17.6 Å². The van der Waals surface area contributed by atoms with Gasteiger partial charge in [-0.2, -0.15) is 4.68 Å². The number of ether oxygens (including phenoxy) is 1. The summed E-state index contributed by atoms with van der Waals surface area (Å²) in [6.45, 7) is -0.137. The van der Waals surface area contributed by atoms with Gasteiger partial charge in [0.25, 0.3) is 5.89 Å². The van der Waals surface area contributed by atoms with Gasteiger partial charge < -0.3 is 9.15 Å². The Balaban J connectivity index is 1.82. The van der Waals surface area contributed by atoms with Gasteiger partial charge in [-0.05, 0) is 40.2 Å². The molecule has 1 aromatic carbocycles. The molecule has 0 aliphatic heterocycles. The molecule has 2 aromatic heterocycles. The van der Waals surface area contributed by atoms with Crippen LogP contribution in [0.5, 0.6) is 5.75 Å². The summed E-state index contributed by atoms with van der Waals surface area (Å²) in [5.74, 6) is -0.465. The van der Waals surface area contributed by atoms with E-state index in [-0.39, 0.29) is 23.1 Å². The van der Waals surface area contributed by atoms with E-state index in [0.717, 1.165) is 4.68 Å². The van der Waals surface area contributed by atoms with Crippen molar-refractivity contribution in [2.45, 2.75) is 11.4 Å². The normalized spacial score (nSPS) is 11.7. The van der Waals surface area contributed by atoms with Gasteiger partial charge in [-0.15, -0.1) is 16.4 Å². The monoisotopic (exact) mass is 478 g/mol. The first kappa shape index (κ1) is 19.2. The van der Waals surface area contributed by atoms with E-state index < -0.39 is 15.6 Å². The average Bonchev–Trinajstić information content (AvgIpc) is 3.15.